The number of benzene rings is 2. The third-order valence-corrected chi connectivity index (χ3v) is 22.4. The Hall–Kier alpha value is -2.00. The van der Waals surface area contributed by atoms with E-state index in [2.05, 4.69) is 105 Å². The van der Waals surface area contributed by atoms with E-state index in [4.69, 9.17) is 33.1 Å². The third-order valence-electron chi connectivity index (χ3n) is 11.9. The average molecular weight is 1010 g/mol. The van der Waals surface area contributed by atoms with Crippen molar-refractivity contribution in [1.29, 1.82) is 0 Å². The van der Waals surface area contributed by atoms with Gasteiger partial charge in [0.1, 0.15) is 35.9 Å². The van der Waals surface area contributed by atoms with Gasteiger partial charge in [0, 0.05) is 28.6 Å². The molecule has 0 radical (unpaired) electrons. The average Bonchev–Trinajstić information content (AvgIpc) is 3.67. The SMILES string of the molecule is CCC(=O)O[C@@H](C)/C=C\CO[Si](C)(C)C(C)(C)C.COc1c(Br)ccc(C)c1CNO.Cc1c(Br)ccc(F)c1CN1O[C@@H](CO[Si](C)(C)C(C)(C)C)[C@H]2[C@H](C)OC(=O)[C@H]21. The molecule has 60 heavy (non-hydrogen) atoms. The maximum absolute atomic E-state index is 14.5. The second kappa shape index (κ2) is 23.1. The van der Waals surface area contributed by atoms with Crippen molar-refractivity contribution in [3.05, 3.63) is 73.4 Å². The van der Waals surface area contributed by atoms with Gasteiger partial charge in [-0.25, -0.2) is 9.87 Å². The van der Waals surface area contributed by atoms with E-state index < -0.39 is 22.7 Å². The first-order valence-corrected chi connectivity index (χ1v) is 27.9. The molecule has 0 bridgehead atoms. The van der Waals surface area contributed by atoms with Gasteiger partial charge < -0.3 is 28.3 Å². The number of aryl methyl sites for hydroxylation is 1. The maximum atomic E-state index is 14.5. The Morgan fingerprint density at radius 1 is 1.00 bits per heavy atom. The van der Waals surface area contributed by atoms with Crippen LogP contribution in [0.4, 0.5) is 4.39 Å². The molecule has 11 nitrogen and oxygen atoms in total. The Morgan fingerprint density at radius 3 is 2.13 bits per heavy atom. The summed E-state index contributed by atoms with van der Waals surface area (Å²) in [7, 11) is -2.03. The summed E-state index contributed by atoms with van der Waals surface area (Å²) in [5.74, 6) is -0.168. The molecule has 2 fully saturated rings. The molecule has 0 aliphatic carbocycles. The minimum atomic E-state index is -1.97. The zero-order valence-corrected chi connectivity index (χ0v) is 43.9. The molecule has 5 atom stereocenters. The number of nitrogens with zero attached hydrogens (tertiary/aromatic N) is 1. The van der Waals surface area contributed by atoms with E-state index >= 15 is 0 Å². The maximum Gasteiger partial charge on any atom is 0.326 e. The van der Waals surface area contributed by atoms with Crippen molar-refractivity contribution >= 4 is 60.4 Å². The highest BCUT2D eigenvalue weighted by atomic mass is 79.9. The summed E-state index contributed by atoms with van der Waals surface area (Å²) in [6, 6.07) is 6.46. The zero-order valence-electron chi connectivity index (χ0n) is 38.7. The molecule has 0 aromatic heterocycles. The van der Waals surface area contributed by atoms with Gasteiger partial charge in [-0.1, -0.05) is 76.5 Å². The van der Waals surface area contributed by atoms with E-state index in [1.165, 1.54) is 6.07 Å². The number of esters is 2. The Bertz CT molecular complexity index is 1770. The van der Waals surface area contributed by atoms with Crippen LogP contribution < -0.4 is 10.2 Å². The molecule has 2 aliphatic rings. The van der Waals surface area contributed by atoms with E-state index in [1.807, 2.05) is 52.0 Å². The number of hydrogen-bond donors (Lipinski definition) is 2. The fourth-order valence-corrected chi connectivity index (χ4v) is 8.83. The van der Waals surface area contributed by atoms with Gasteiger partial charge in [0.25, 0.3) is 0 Å². The molecular weight excluding hydrogens is 935 g/mol. The largest absolute Gasteiger partial charge is 0.495 e. The normalized spacial score (nSPS) is 20.2. The third kappa shape index (κ3) is 14.8. The lowest BCUT2D eigenvalue weighted by molar-refractivity contribution is -0.195. The number of ether oxygens (including phenoxy) is 3. The number of methoxy groups -OCH3 is 1. The molecule has 2 aromatic rings. The minimum absolute atomic E-state index is 0.0782. The lowest BCUT2D eigenvalue weighted by Crippen LogP contribution is -2.44. The van der Waals surface area contributed by atoms with Gasteiger partial charge in [-0.3, -0.25) is 14.4 Å². The van der Waals surface area contributed by atoms with Gasteiger partial charge >= 0.3 is 11.9 Å². The van der Waals surface area contributed by atoms with E-state index in [9.17, 15) is 14.0 Å². The number of hydrogen-bond acceptors (Lipinski definition) is 11. The fraction of sp³-hybridized carbons (Fsp3) is 0.636. The van der Waals surface area contributed by atoms with Gasteiger partial charge in [0.15, 0.2) is 16.6 Å². The summed E-state index contributed by atoms with van der Waals surface area (Å²) >= 11 is 6.83. The van der Waals surface area contributed by atoms with Crippen LogP contribution in [-0.2, 0) is 45.8 Å². The number of nitrogens with one attached hydrogen (secondary N) is 1. The van der Waals surface area contributed by atoms with Crippen molar-refractivity contribution in [2.75, 3.05) is 20.3 Å². The van der Waals surface area contributed by atoms with Crippen LogP contribution in [0.3, 0.4) is 0 Å². The first-order valence-electron chi connectivity index (χ1n) is 20.5. The second-order valence-corrected chi connectivity index (χ2v) is 29.7. The Balaban J connectivity index is 0.000000342. The van der Waals surface area contributed by atoms with Gasteiger partial charge in [-0.15, -0.1) is 0 Å². The van der Waals surface area contributed by atoms with E-state index in [0.717, 1.165) is 31.4 Å². The van der Waals surface area contributed by atoms with Crippen LogP contribution in [0.1, 0.15) is 91.0 Å². The van der Waals surface area contributed by atoms with Crippen molar-refractivity contribution < 1.29 is 47.1 Å². The number of cyclic esters (lactones) is 1. The van der Waals surface area contributed by atoms with Crippen molar-refractivity contribution in [3.8, 4) is 5.75 Å². The predicted molar refractivity (Wildman–Crippen MR) is 247 cm³/mol. The lowest BCUT2D eigenvalue weighted by Gasteiger charge is -2.37. The monoisotopic (exact) mass is 1000 g/mol. The first-order chi connectivity index (χ1) is 27.6. The van der Waals surface area contributed by atoms with Gasteiger partial charge in [-0.2, -0.15) is 5.06 Å². The van der Waals surface area contributed by atoms with Crippen molar-refractivity contribution in [1.82, 2.24) is 10.5 Å². The molecule has 0 amide bonds. The smallest absolute Gasteiger partial charge is 0.326 e. The van der Waals surface area contributed by atoms with E-state index in [-0.39, 0.29) is 58.6 Å². The van der Waals surface area contributed by atoms with Crippen LogP contribution in [0.2, 0.25) is 36.3 Å². The van der Waals surface area contributed by atoms with Crippen molar-refractivity contribution in [2.45, 2.75) is 156 Å². The molecule has 2 saturated heterocycles. The molecule has 0 saturated carbocycles. The molecule has 2 aromatic carbocycles. The topological polar surface area (TPSA) is 125 Å². The lowest BCUT2D eigenvalue weighted by atomic mass is 9.93. The van der Waals surface area contributed by atoms with Gasteiger partial charge in [-0.05, 0) is 115 Å². The van der Waals surface area contributed by atoms with Crippen LogP contribution in [0, 0.1) is 25.6 Å². The molecule has 2 heterocycles. The molecule has 16 heteroatoms. The molecule has 4 rings (SSSR count). The highest BCUT2D eigenvalue weighted by molar-refractivity contribution is 9.10. The molecule has 2 aliphatic heterocycles. The molecule has 340 valence electrons. The summed E-state index contributed by atoms with van der Waals surface area (Å²) in [5, 5.41) is 10.5. The Morgan fingerprint density at radius 2 is 1.58 bits per heavy atom. The Kier molecular flexibility index (Phi) is 20.8. The minimum Gasteiger partial charge on any atom is -0.495 e. The Labute approximate surface area is 377 Å². The van der Waals surface area contributed by atoms with E-state index in [0.29, 0.717) is 31.7 Å². The number of hydroxylamine groups is 3. The number of carbonyl (C=O) groups is 2. The summed E-state index contributed by atoms with van der Waals surface area (Å²) in [5.41, 5.74) is 5.48. The summed E-state index contributed by atoms with van der Waals surface area (Å²) in [4.78, 5) is 29.8. The molecule has 2 N–H and O–H groups in total. The van der Waals surface area contributed by atoms with Crippen LogP contribution in [0.15, 0.2) is 45.4 Å². The predicted octanol–water partition coefficient (Wildman–Crippen LogP) is 11.1. The number of halogens is 3. The standard InChI is InChI=1S/C21H31BrFNO4Si.C14H28O3Si.C9H12BrNO2/c1-12-14(16(23)9-8-15(12)22)10-24-19-18(13(2)27-20(19)25)17(28-24)11-26-29(6,7)21(3,4)5;1-8-13(15)17-12(2)10-9-11-16-18(6,7)14(3,4)5;1-6-3-4-8(10)9(13-2)7(6)5-11-12/h8-9,13,17-19H,10-11H2,1-7H3;9-10,12H,8,11H2,1-7H3;3-4,11-12H,5H2,1-2H3/b;10-9-;/t13-,17-,18+,19-;12-;/m00./s1. The quantitative estimate of drug-likeness (QED) is 0.0813. The van der Waals surface area contributed by atoms with Crippen molar-refractivity contribution in [3.63, 3.8) is 0 Å². The van der Waals surface area contributed by atoms with Gasteiger partial charge in [0.05, 0.1) is 37.3 Å². The molecule has 0 unspecified atom stereocenters. The number of rotatable bonds is 14. The number of fused-ring (bicyclic) bond motifs is 1. The summed E-state index contributed by atoms with van der Waals surface area (Å²) < 4.78 is 44.4. The summed E-state index contributed by atoms with van der Waals surface area (Å²) in [6.07, 6.45) is 3.48. The van der Waals surface area contributed by atoms with Crippen LogP contribution in [0.5, 0.6) is 5.75 Å². The van der Waals surface area contributed by atoms with Crippen LogP contribution >= 0.6 is 31.9 Å². The molecular formula is C44H71Br2FN2O9Si2. The highest BCUT2D eigenvalue weighted by Gasteiger charge is 2.57. The highest BCUT2D eigenvalue weighted by Crippen LogP contribution is 2.42. The zero-order chi connectivity index (χ0) is 46.0. The number of carbonyl (C=O) groups excluding carboxylic acids is 2. The van der Waals surface area contributed by atoms with Crippen LogP contribution in [-0.4, -0.2) is 83.5 Å². The first kappa shape index (κ1) is 54.1. The van der Waals surface area contributed by atoms with Crippen molar-refractivity contribution in [2.24, 2.45) is 5.92 Å². The van der Waals surface area contributed by atoms with Gasteiger partial charge in [0.2, 0.25) is 0 Å². The van der Waals surface area contributed by atoms with Crippen LogP contribution in [0.25, 0.3) is 0 Å². The fourth-order valence-electron chi connectivity index (χ4n) is 5.97. The van der Waals surface area contributed by atoms with E-state index in [1.54, 1.807) is 25.2 Å². The second-order valence-electron chi connectivity index (χ2n) is 18.3. The summed E-state index contributed by atoms with van der Waals surface area (Å²) in [6.45, 7) is 33.0. The molecule has 0 spiro atoms.